The minimum absolute atomic E-state index is 0.126. The van der Waals surface area contributed by atoms with Crippen LogP contribution >= 0.6 is 0 Å². The second-order valence-corrected chi connectivity index (χ2v) is 3.34. The van der Waals surface area contributed by atoms with Gasteiger partial charge in [0, 0.05) is 6.54 Å². The molecule has 18 heavy (non-hydrogen) atoms. The smallest absolute Gasteiger partial charge is 0.471 e. The molecule has 1 amide bonds. The fraction of sp³-hybridized carbons (Fsp3) is 0.625. The van der Waals surface area contributed by atoms with Crippen LogP contribution in [0.4, 0.5) is 13.2 Å². The number of carboxylic acid groups (broad SMARTS) is 1. The van der Waals surface area contributed by atoms with Gasteiger partial charge in [0.15, 0.2) is 5.96 Å². The average molecular weight is 270 g/mol. The molecule has 0 heterocycles. The van der Waals surface area contributed by atoms with Gasteiger partial charge >= 0.3 is 18.1 Å². The zero-order chi connectivity index (χ0) is 14.3. The van der Waals surface area contributed by atoms with Crippen molar-refractivity contribution in [2.75, 3.05) is 6.54 Å². The Morgan fingerprint density at radius 1 is 1.39 bits per heavy atom. The first-order valence-electron chi connectivity index (χ1n) is 4.83. The van der Waals surface area contributed by atoms with Crippen molar-refractivity contribution in [3.63, 3.8) is 0 Å². The van der Waals surface area contributed by atoms with Crippen molar-refractivity contribution in [1.29, 1.82) is 5.41 Å². The van der Waals surface area contributed by atoms with E-state index in [9.17, 15) is 22.8 Å². The Bertz CT molecular complexity index is 332. The number of hydrogen-bond donors (Lipinski definition) is 5. The van der Waals surface area contributed by atoms with Gasteiger partial charge in [-0.2, -0.15) is 13.2 Å². The lowest BCUT2D eigenvalue weighted by molar-refractivity contribution is -0.175. The number of halogens is 3. The van der Waals surface area contributed by atoms with E-state index in [2.05, 4.69) is 5.32 Å². The molecule has 0 spiro atoms. The molecule has 1 unspecified atom stereocenters. The Hall–Kier alpha value is -2.00. The minimum Gasteiger partial charge on any atom is -0.480 e. The lowest BCUT2D eigenvalue weighted by atomic mass is 10.1. The van der Waals surface area contributed by atoms with Gasteiger partial charge in [-0.15, -0.1) is 0 Å². The predicted octanol–water partition coefficient (Wildman–Crippen LogP) is -0.619. The lowest BCUT2D eigenvalue weighted by Crippen LogP contribution is -2.47. The maximum Gasteiger partial charge on any atom is 0.471 e. The highest BCUT2D eigenvalue weighted by Gasteiger charge is 2.40. The molecule has 1 atom stereocenters. The summed E-state index contributed by atoms with van der Waals surface area (Å²) < 4.78 is 35.7. The summed E-state index contributed by atoms with van der Waals surface area (Å²) >= 11 is 0. The monoisotopic (exact) mass is 270 g/mol. The number of carbonyl (C=O) groups is 2. The van der Waals surface area contributed by atoms with Gasteiger partial charge in [0.25, 0.3) is 0 Å². The number of aliphatic carboxylic acids is 1. The van der Waals surface area contributed by atoms with Crippen LogP contribution in [0.1, 0.15) is 12.8 Å². The molecule has 0 aliphatic heterocycles. The second-order valence-electron chi connectivity index (χ2n) is 3.34. The highest BCUT2D eigenvalue weighted by molar-refractivity contribution is 5.86. The van der Waals surface area contributed by atoms with E-state index in [-0.39, 0.29) is 25.3 Å². The molecule has 0 aromatic rings. The van der Waals surface area contributed by atoms with Crippen LogP contribution in [0, 0.1) is 5.41 Å². The maximum absolute atomic E-state index is 11.9. The number of carboxylic acids is 1. The second kappa shape index (κ2) is 6.67. The molecule has 0 radical (unpaired) electrons. The number of hydrogen-bond acceptors (Lipinski definition) is 3. The molecule has 0 aromatic carbocycles. The summed E-state index contributed by atoms with van der Waals surface area (Å²) in [4.78, 5) is 21.2. The SMILES string of the molecule is N=C(N)NCCCC(NC(=O)C(F)(F)F)C(=O)O. The lowest BCUT2D eigenvalue weighted by Gasteiger charge is -2.15. The molecule has 0 aromatic heterocycles. The van der Waals surface area contributed by atoms with E-state index < -0.39 is 24.1 Å². The van der Waals surface area contributed by atoms with E-state index in [0.717, 1.165) is 0 Å². The zero-order valence-corrected chi connectivity index (χ0v) is 9.17. The summed E-state index contributed by atoms with van der Waals surface area (Å²) in [6, 6.07) is -1.63. The first-order valence-corrected chi connectivity index (χ1v) is 4.83. The van der Waals surface area contributed by atoms with Crippen LogP contribution in [-0.2, 0) is 9.59 Å². The molecule has 7 nitrogen and oxygen atoms in total. The van der Waals surface area contributed by atoms with Crippen molar-refractivity contribution in [3.05, 3.63) is 0 Å². The van der Waals surface area contributed by atoms with Crippen LogP contribution in [0.3, 0.4) is 0 Å². The average Bonchev–Trinajstić information content (AvgIpc) is 2.19. The molecular formula is C8H13F3N4O3. The minimum atomic E-state index is -5.12. The Balaban J connectivity index is 4.21. The Morgan fingerprint density at radius 3 is 2.33 bits per heavy atom. The number of guanidine groups is 1. The summed E-state index contributed by atoms with van der Waals surface area (Å²) in [5.41, 5.74) is 4.94. The van der Waals surface area contributed by atoms with E-state index in [1.807, 2.05) is 0 Å². The van der Waals surface area contributed by atoms with Gasteiger partial charge in [0.1, 0.15) is 6.04 Å². The molecule has 10 heteroatoms. The van der Waals surface area contributed by atoms with Crippen LogP contribution < -0.4 is 16.4 Å². The summed E-state index contributed by atoms with van der Waals surface area (Å²) in [5, 5.41) is 19.1. The summed E-state index contributed by atoms with van der Waals surface area (Å²) in [5.74, 6) is -4.19. The van der Waals surface area contributed by atoms with Crippen molar-refractivity contribution < 1.29 is 27.9 Å². The topological polar surface area (TPSA) is 128 Å². The van der Waals surface area contributed by atoms with Gasteiger partial charge in [-0.3, -0.25) is 10.2 Å². The van der Waals surface area contributed by atoms with Crippen LogP contribution in [0.25, 0.3) is 0 Å². The number of alkyl halides is 3. The largest absolute Gasteiger partial charge is 0.480 e. The molecule has 0 saturated heterocycles. The summed E-state index contributed by atoms with van der Waals surface area (Å²) in [7, 11) is 0. The van der Waals surface area contributed by atoms with E-state index in [4.69, 9.17) is 16.2 Å². The van der Waals surface area contributed by atoms with Crippen LogP contribution in [-0.4, -0.2) is 41.7 Å². The quantitative estimate of drug-likeness (QED) is 0.250. The van der Waals surface area contributed by atoms with Gasteiger partial charge in [0.2, 0.25) is 0 Å². The van der Waals surface area contributed by atoms with Gasteiger partial charge < -0.3 is 21.5 Å². The maximum atomic E-state index is 11.9. The molecular weight excluding hydrogens is 257 g/mol. The Labute approximate surface area is 100 Å². The molecule has 0 fully saturated rings. The number of rotatable bonds is 6. The first kappa shape index (κ1) is 16.0. The number of nitrogens with one attached hydrogen (secondary N) is 3. The highest BCUT2D eigenvalue weighted by atomic mass is 19.4. The van der Waals surface area contributed by atoms with Crippen molar-refractivity contribution in [1.82, 2.24) is 10.6 Å². The summed E-state index contributed by atoms with van der Waals surface area (Å²) in [6.07, 6.45) is -5.20. The standard InChI is InChI=1S/C8H13F3N4O3/c9-8(10,11)6(18)15-4(5(16)17)2-1-3-14-7(12)13/h4H,1-3H2,(H,15,18)(H,16,17)(H4,12,13,14). The van der Waals surface area contributed by atoms with Gasteiger partial charge in [-0.1, -0.05) is 0 Å². The highest BCUT2D eigenvalue weighted by Crippen LogP contribution is 2.15. The Morgan fingerprint density at radius 2 is 1.94 bits per heavy atom. The first-order chi connectivity index (χ1) is 8.14. The third kappa shape index (κ3) is 6.55. The predicted molar refractivity (Wildman–Crippen MR) is 54.8 cm³/mol. The van der Waals surface area contributed by atoms with Crippen molar-refractivity contribution in [2.24, 2.45) is 5.73 Å². The molecule has 6 N–H and O–H groups in total. The number of nitrogens with two attached hydrogens (primary N) is 1. The van der Waals surface area contributed by atoms with E-state index in [1.54, 1.807) is 0 Å². The van der Waals surface area contributed by atoms with Crippen molar-refractivity contribution in [3.8, 4) is 0 Å². The van der Waals surface area contributed by atoms with E-state index in [0.29, 0.717) is 0 Å². The van der Waals surface area contributed by atoms with Crippen LogP contribution in [0.2, 0.25) is 0 Å². The third-order valence-electron chi connectivity index (χ3n) is 1.85. The Kier molecular flexibility index (Phi) is 5.93. The molecule has 0 bridgehead atoms. The molecule has 0 aliphatic carbocycles. The van der Waals surface area contributed by atoms with Crippen molar-refractivity contribution >= 4 is 17.8 Å². The van der Waals surface area contributed by atoms with Gasteiger partial charge in [-0.05, 0) is 12.8 Å². The summed E-state index contributed by atoms with van der Waals surface area (Å²) in [6.45, 7) is 0.126. The van der Waals surface area contributed by atoms with Crippen LogP contribution in [0.15, 0.2) is 0 Å². The number of carbonyl (C=O) groups excluding carboxylic acids is 1. The van der Waals surface area contributed by atoms with E-state index in [1.165, 1.54) is 5.32 Å². The fourth-order valence-corrected chi connectivity index (χ4v) is 1.03. The molecule has 104 valence electrons. The van der Waals surface area contributed by atoms with Gasteiger partial charge in [-0.25, -0.2) is 4.79 Å². The van der Waals surface area contributed by atoms with Gasteiger partial charge in [0.05, 0.1) is 0 Å². The van der Waals surface area contributed by atoms with Crippen molar-refractivity contribution in [2.45, 2.75) is 25.1 Å². The fourth-order valence-electron chi connectivity index (χ4n) is 1.03. The normalized spacial score (nSPS) is 12.6. The van der Waals surface area contributed by atoms with E-state index >= 15 is 0 Å². The molecule has 0 rings (SSSR count). The third-order valence-corrected chi connectivity index (χ3v) is 1.85. The molecule has 0 saturated carbocycles. The zero-order valence-electron chi connectivity index (χ0n) is 9.17. The molecule has 0 aliphatic rings. The van der Waals surface area contributed by atoms with Crippen LogP contribution in [0.5, 0.6) is 0 Å². The number of amides is 1.